The van der Waals surface area contributed by atoms with Gasteiger partial charge in [0, 0.05) is 35.9 Å². The van der Waals surface area contributed by atoms with Gasteiger partial charge in [0.25, 0.3) is 5.91 Å². The summed E-state index contributed by atoms with van der Waals surface area (Å²) in [6.45, 7) is 1.43. The molecule has 0 saturated carbocycles. The van der Waals surface area contributed by atoms with Crippen LogP contribution in [0.3, 0.4) is 0 Å². The first-order valence-corrected chi connectivity index (χ1v) is 7.20. The lowest BCUT2D eigenvalue weighted by atomic mass is 10.1. The van der Waals surface area contributed by atoms with Gasteiger partial charge in [-0.1, -0.05) is 35.9 Å². The number of benzene rings is 2. The average molecular weight is 307 g/mol. The van der Waals surface area contributed by atoms with Crippen molar-refractivity contribution in [1.82, 2.24) is 10.2 Å². The van der Waals surface area contributed by atoms with Gasteiger partial charge < -0.3 is 15.0 Å². The molecule has 2 aromatic rings. The molecule has 1 N–H and O–H groups in total. The predicted octanol–water partition coefficient (Wildman–Crippen LogP) is 2.55. The fourth-order valence-electron chi connectivity index (χ4n) is 2.01. The fraction of sp³-hybridized carbons (Fsp3) is 0.312. The van der Waals surface area contributed by atoms with Gasteiger partial charge in [0.2, 0.25) is 0 Å². The lowest BCUT2D eigenvalue weighted by Gasteiger charge is -2.17. The molecule has 0 unspecified atom stereocenters. The van der Waals surface area contributed by atoms with E-state index < -0.39 is 0 Å². The minimum atomic E-state index is -0.0516. The lowest BCUT2D eigenvalue weighted by Crippen LogP contribution is -2.35. The maximum atomic E-state index is 12.0. The fourth-order valence-corrected chi connectivity index (χ4v) is 2.24. The Balaban J connectivity index is 2.07. The number of fused-ring (bicyclic) bond motifs is 1. The molecular formula is C16H19ClN2O2. The summed E-state index contributed by atoms with van der Waals surface area (Å²) in [6.07, 6.45) is 0. The van der Waals surface area contributed by atoms with Crippen molar-refractivity contribution in [2.24, 2.45) is 0 Å². The Hall–Kier alpha value is -1.78. The highest BCUT2D eigenvalue weighted by atomic mass is 35.5. The summed E-state index contributed by atoms with van der Waals surface area (Å²) in [5.74, 6) is 0.620. The van der Waals surface area contributed by atoms with Crippen molar-refractivity contribution < 1.29 is 9.53 Å². The summed E-state index contributed by atoms with van der Waals surface area (Å²) in [4.78, 5) is 13.6. The second-order valence-corrected chi connectivity index (χ2v) is 5.21. The first-order valence-electron chi connectivity index (χ1n) is 6.82. The van der Waals surface area contributed by atoms with Crippen LogP contribution < -0.4 is 10.1 Å². The van der Waals surface area contributed by atoms with Crippen molar-refractivity contribution in [2.75, 3.05) is 33.8 Å². The molecular weight excluding hydrogens is 288 g/mol. The molecule has 0 heterocycles. The highest BCUT2D eigenvalue weighted by Crippen LogP contribution is 2.31. The quantitative estimate of drug-likeness (QED) is 0.892. The van der Waals surface area contributed by atoms with Gasteiger partial charge in [-0.05, 0) is 19.2 Å². The Morgan fingerprint density at radius 3 is 2.67 bits per heavy atom. The molecule has 0 fully saturated rings. The zero-order valence-corrected chi connectivity index (χ0v) is 13.0. The highest BCUT2D eigenvalue weighted by Gasteiger charge is 2.11. The average Bonchev–Trinajstić information content (AvgIpc) is 2.52. The number of hydrogen-bond donors (Lipinski definition) is 1. The lowest BCUT2D eigenvalue weighted by molar-refractivity contribution is -0.131. The number of carbonyl (C=O) groups excluding carboxylic acids is 1. The second-order valence-electron chi connectivity index (χ2n) is 4.80. The molecule has 2 aromatic carbocycles. The Morgan fingerprint density at radius 1 is 1.24 bits per heavy atom. The van der Waals surface area contributed by atoms with E-state index in [0.29, 0.717) is 17.3 Å². The summed E-state index contributed by atoms with van der Waals surface area (Å²) in [7, 11) is 3.62. The molecule has 5 heteroatoms. The van der Waals surface area contributed by atoms with Gasteiger partial charge in [-0.2, -0.15) is 0 Å². The molecule has 0 spiro atoms. The molecule has 21 heavy (non-hydrogen) atoms. The minimum Gasteiger partial charge on any atom is -0.483 e. The molecule has 1 amide bonds. The van der Waals surface area contributed by atoms with Crippen molar-refractivity contribution in [1.29, 1.82) is 0 Å². The molecule has 0 saturated heterocycles. The summed E-state index contributed by atoms with van der Waals surface area (Å²) in [5.41, 5.74) is 0. The molecule has 2 rings (SSSR count). The van der Waals surface area contributed by atoms with Gasteiger partial charge in [-0.25, -0.2) is 0 Å². The van der Waals surface area contributed by atoms with Crippen molar-refractivity contribution in [3.8, 4) is 5.75 Å². The van der Waals surface area contributed by atoms with E-state index in [1.807, 2.05) is 31.3 Å². The number of carbonyl (C=O) groups is 1. The van der Waals surface area contributed by atoms with Gasteiger partial charge in [0.15, 0.2) is 6.61 Å². The summed E-state index contributed by atoms with van der Waals surface area (Å²) in [6, 6.07) is 11.3. The number of likely N-dealkylation sites (N-methyl/N-ethyl adjacent to an activating group) is 2. The molecule has 0 radical (unpaired) electrons. The topological polar surface area (TPSA) is 41.6 Å². The Labute approximate surface area is 129 Å². The van der Waals surface area contributed by atoms with Crippen LogP contribution >= 0.6 is 11.6 Å². The molecule has 0 atom stereocenters. The van der Waals surface area contributed by atoms with E-state index in [1.54, 1.807) is 24.1 Å². The molecule has 0 aliphatic heterocycles. The maximum Gasteiger partial charge on any atom is 0.260 e. The molecule has 4 nitrogen and oxygen atoms in total. The summed E-state index contributed by atoms with van der Waals surface area (Å²) >= 11 is 6.16. The molecule has 0 bridgehead atoms. The van der Waals surface area contributed by atoms with Crippen molar-refractivity contribution >= 4 is 28.3 Å². The van der Waals surface area contributed by atoms with Crippen LogP contribution in [-0.2, 0) is 4.79 Å². The zero-order valence-electron chi connectivity index (χ0n) is 12.2. The largest absolute Gasteiger partial charge is 0.483 e. The summed E-state index contributed by atoms with van der Waals surface area (Å²) < 4.78 is 5.67. The van der Waals surface area contributed by atoms with E-state index in [1.165, 1.54) is 0 Å². The highest BCUT2D eigenvalue weighted by molar-refractivity contribution is 6.35. The van der Waals surface area contributed by atoms with Crippen LogP contribution in [0.15, 0.2) is 36.4 Å². The third-order valence-corrected chi connectivity index (χ3v) is 3.63. The third-order valence-electron chi connectivity index (χ3n) is 3.30. The van der Waals surface area contributed by atoms with Crippen LogP contribution in [0.25, 0.3) is 10.8 Å². The van der Waals surface area contributed by atoms with E-state index >= 15 is 0 Å². The maximum absolute atomic E-state index is 12.0. The van der Waals surface area contributed by atoms with Crippen LogP contribution in [-0.4, -0.2) is 44.6 Å². The molecule has 0 aliphatic rings. The number of ether oxygens (including phenoxy) is 1. The van der Waals surface area contributed by atoms with Crippen LogP contribution in [0, 0.1) is 0 Å². The second kappa shape index (κ2) is 7.29. The van der Waals surface area contributed by atoms with Crippen molar-refractivity contribution in [2.45, 2.75) is 0 Å². The molecule has 0 aromatic heterocycles. The number of nitrogens with zero attached hydrogens (tertiary/aromatic N) is 1. The standard InChI is InChI=1S/C16H19ClN2O2/c1-18-9-10-19(2)16(20)11-21-15-8-7-14(17)12-5-3-4-6-13(12)15/h3-8,18H,9-11H2,1-2H3. The van der Waals surface area contributed by atoms with Gasteiger partial charge in [0.05, 0.1) is 0 Å². The van der Waals surface area contributed by atoms with Gasteiger partial charge in [-0.15, -0.1) is 0 Å². The number of hydrogen-bond acceptors (Lipinski definition) is 3. The number of halogens is 1. The van der Waals surface area contributed by atoms with Crippen molar-refractivity contribution in [3.05, 3.63) is 41.4 Å². The molecule has 112 valence electrons. The van der Waals surface area contributed by atoms with E-state index in [-0.39, 0.29) is 12.5 Å². The normalized spacial score (nSPS) is 10.6. The van der Waals surface area contributed by atoms with E-state index in [9.17, 15) is 4.79 Å². The Bertz CT molecular complexity index is 631. The minimum absolute atomic E-state index is 0.0197. The van der Waals surface area contributed by atoms with Crippen LogP contribution in [0.2, 0.25) is 5.02 Å². The Morgan fingerprint density at radius 2 is 1.95 bits per heavy atom. The monoisotopic (exact) mass is 306 g/mol. The van der Waals surface area contributed by atoms with Crippen molar-refractivity contribution in [3.63, 3.8) is 0 Å². The smallest absolute Gasteiger partial charge is 0.260 e. The SMILES string of the molecule is CNCCN(C)C(=O)COc1ccc(Cl)c2ccccc12. The van der Waals surface area contributed by atoms with Gasteiger partial charge in [-0.3, -0.25) is 4.79 Å². The van der Waals surface area contributed by atoms with Crippen LogP contribution in [0.1, 0.15) is 0 Å². The number of rotatable bonds is 6. The molecule has 0 aliphatic carbocycles. The zero-order chi connectivity index (χ0) is 15.2. The van der Waals surface area contributed by atoms with Crippen LogP contribution in [0.4, 0.5) is 0 Å². The first-order chi connectivity index (χ1) is 10.1. The third kappa shape index (κ3) is 3.86. The predicted molar refractivity (Wildman–Crippen MR) is 86.0 cm³/mol. The number of nitrogens with one attached hydrogen (secondary N) is 1. The van der Waals surface area contributed by atoms with E-state index in [0.717, 1.165) is 17.3 Å². The van der Waals surface area contributed by atoms with Gasteiger partial charge in [0.1, 0.15) is 5.75 Å². The first kappa shape index (κ1) is 15.6. The van der Waals surface area contributed by atoms with E-state index in [2.05, 4.69) is 5.32 Å². The van der Waals surface area contributed by atoms with Crippen LogP contribution in [0.5, 0.6) is 5.75 Å². The Kier molecular flexibility index (Phi) is 5.42. The van der Waals surface area contributed by atoms with Gasteiger partial charge >= 0.3 is 0 Å². The summed E-state index contributed by atoms with van der Waals surface area (Å²) in [5, 5.41) is 5.52. The van der Waals surface area contributed by atoms with E-state index in [4.69, 9.17) is 16.3 Å². The number of amides is 1.